The molecule has 0 spiro atoms. The van der Waals surface area contributed by atoms with Crippen LogP contribution in [0.1, 0.15) is 25.6 Å². The zero-order chi connectivity index (χ0) is 19.1. The Balaban J connectivity index is 2.00. The van der Waals surface area contributed by atoms with Crippen LogP contribution in [-0.2, 0) is 27.9 Å². The summed E-state index contributed by atoms with van der Waals surface area (Å²) in [5, 5.41) is 9.37. The molecule has 0 radical (unpaired) electrons. The average molecular weight is 380 g/mol. The number of carboxylic acid groups (broad SMARTS) is 1. The Morgan fingerprint density at radius 2 is 2.12 bits per heavy atom. The number of aryl methyl sites for hydroxylation is 1. The van der Waals surface area contributed by atoms with E-state index in [1.54, 1.807) is 18.2 Å². The Morgan fingerprint density at radius 3 is 2.73 bits per heavy atom. The van der Waals surface area contributed by atoms with Crippen LogP contribution < -0.4 is 0 Å². The maximum Gasteiger partial charge on any atom is 0.320 e. The van der Waals surface area contributed by atoms with E-state index in [9.17, 15) is 18.3 Å². The predicted octanol–water partition coefficient (Wildman–Crippen LogP) is 1.36. The van der Waals surface area contributed by atoms with Gasteiger partial charge >= 0.3 is 5.97 Å². The Hall–Kier alpha value is -1.97. The van der Waals surface area contributed by atoms with Crippen molar-refractivity contribution in [1.29, 1.82) is 0 Å². The number of carboxylic acids is 1. The van der Waals surface area contributed by atoms with E-state index in [1.807, 2.05) is 16.4 Å². The summed E-state index contributed by atoms with van der Waals surface area (Å²) in [4.78, 5) is 18.2. The summed E-state index contributed by atoms with van der Waals surface area (Å²) >= 11 is 0. The first-order chi connectivity index (χ1) is 12.3. The largest absolute Gasteiger partial charge is 0.480 e. The zero-order valence-corrected chi connectivity index (χ0v) is 16.0. The van der Waals surface area contributed by atoms with Crippen LogP contribution >= 0.6 is 0 Å². The topological polar surface area (TPSA) is 95.7 Å². The highest BCUT2D eigenvalue weighted by Gasteiger charge is 2.31. The van der Waals surface area contributed by atoms with Gasteiger partial charge in [-0.1, -0.05) is 0 Å². The molecule has 1 aromatic carbocycles. The minimum Gasteiger partial charge on any atom is -0.480 e. The highest BCUT2D eigenvalue weighted by atomic mass is 32.2. The van der Waals surface area contributed by atoms with Gasteiger partial charge in [0.2, 0.25) is 10.0 Å². The van der Waals surface area contributed by atoms with Gasteiger partial charge in [-0.3, -0.25) is 9.69 Å². The van der Waals surface area contributed by atoms with Gasteiger partial charge in [-0.25, -0.2) is 17.7 Å². The molecule has 1 N–H and O–H groups in total. The van der Waals surface area contributed by atoms with Crippen LogP contribution in [0.25, 0.3) is 11.0 Å². The smallest absolute Gasteiger partial charge is 0.320 e. The van der Waals surface area contributed by atoms with Crippen LogP contribution in [0.3, 0.4) is 0 Å². The van der Waals surface area contributed by atoms with E-state index in [0.717, 1.165) is 24.3 Å². The number of aromatic nitrogens is 2. The molecule has 1 saturated heterocycles. The van der Waals surface area contributed by atoms with Gasteiger partial charge in [0.25, 0.3) is 0 Å². The summed E-state index contributed by atoms with van der Waals surface area (Å²) in [6.45, 7) is 3.84. The second-order valence-electron chi connectivity index (χ2n) is 6.68. The number of hydrogen-bond donors (Lipinski definition) is 1. The second kappa shape index (κ2) is 6.98. The van der Waals surface area contributed by atoms with Crippen molar-refractivity contribution >= 4 is 27.0 Å². The third-order valence-corrected chi connectivity index (χ3v) is 6.70. The van der Waals surface area contributed by atoms with Crippen molar-refractivity contribution in [3.05, 3.63) is 24.0 Å². The molecular weight excluding hydrogens is 356 g/mol. The Bertz CT molecular complexity index is 936. The van der Waals surface area contributed by atoms with Gasteiger partial charge in [0.05, 0.1) is 22.5 Å². The van der Waals surface area contributed by atoms with Crippen LogP contribution in [0.5, 0.6) is 0 Å². The van der Waals surface area contributed by atoms with Crippen molar-refractivity contribution in [2.75, 3.05) is 20.6 Å². The Labute approximate surface area is 153 Å². The SMILES string of the molecule is CCn1c(CN2CCC[C@H]2C(=O)O)nc2cc(S(=O)(=O)N(C)C)ccc21. The Morgan fingerprint density at radius 1 is 1.38 bits per heavy atom. The number of rotatable bonds is 6. The number of likely N-dealkylation sites (tertiary alicyclic amines) is 1. The Kier molecular flexibility index (Phi) is 5.05. The number of benzene rings is 1. The average Bonchev–Trinajstić information content (AvgIpc) is 3.17. The second-order valence-corrected chi connectivity index (χ2v) is 8.83. The molecular formula is C17H24N4O4S. The zero-order valence-electron chi connectivity index (χ0n) is 15.2. The van der Waals surface area contributed by atoms with Crippen LogP contribution in [-0.4, -0.2) is 64.9 Å². The minimum atomic E-state index is -3.53. The number of aliphatic carboxylic acids is 1. The van der Waals surface area contributed by atoms with Gasteiger partial charge in [0.15, 0.2) is 0 Å². The first-order valence-corrected chi connectivity index (χ1v) is 10.1. The molecule has 2 heterocycles. The lowest BCUT2D eigenvalue weighted by molar-refractivity contribution is -0.142. The normalized spacial score (nSPS) is 18.8. The number of imidazole rings is 1. The molecule has 3 rings (SSSR count). The number of carbonyl (C=O) groups is 1. The quantitative estimate of drug-likeness (QED) is 0.813. The number of fused-ring (bicyclic) bond motifs is 1. The molecule has 1 aliphatic rings. The lowest BCUT2D eigenvalue weighted by Gasteiger charge is -2.20. The van der Waals surface area contributed by atoms with Gasteiger partial charge in [-0.05, 0) is 44.5 Å². The third kappa shape index (κ3) is 3.22. The summed E-state index contributed by atoms with van der Waals surface area (Å²) in [5.74, 6) is -0.0453. The number of sulfonamides is 1. The first-order valence-electron chi connectivity index (χ1n) is 8.64. The van der Waals surface area contributed by atoms with E-state index in [2.05, 4.69) is 4.98 Å². The van der Waals surface area contributed by atoms with E-state index in [0.29, 0.717) is 25.0 Å². The van der Waals surface area contributed by atoms with Gasteiger partial charge in [0.1, 0.15) is 11.9 Å². The molecule has 1 fully saturated rings. The van der Waals surface area contributed by atoms with Crippen molar-refractivity contribution in [2.45, 2.75) is 43.8 Å². The lowest BCUT2D eigenvalue weighted by atomic mass is 10.2. The molecule has 1 atom stereocenters. The standard InChI is InChI=1S/C17H24N4O4S/c1-4-21-14-8-7-12(26(24,25)19(2)3)10-13(14)18-16(21)11-20-9-5-6-15(20)17(22)23/h7-8,10,15H,4-6,9,11H2,1-3H3,(H,22,23)/t15-/m0/s1. The van der Waals surface area contributed by atoms with Crippen LogP contribution in [0.15, 0.2) is 23.1 Å². The monoisotopic (exact) mass is 380 g/mol. The van der Waals surface area contributed by atoms with E-state index in [-0.39, 0.29) is 4.90 Å². The van der Waals surface area contributed by atoms with Gasteiger partial charge in [0, 0.05) is 20.6 Å². The lowest BCUT2D eigenvalue weighted by Crippen LogP contribution is -2.36. The maximum absolute atomic E-state index is 12.4. The molecule has 0 amide bonds. The molecule has 0 unspecified atom stereocenters. The summed E-state index contributed by atoms with van der Waals surface area (Å²) in [5.41, 5.74) is 1.46. The number of nitrogens with zero attached hydrogens (tertiary/aromatic N) is 4. The molecule has 0 bridgehead atoms. The van der Waals surface area contributed by atoms with Crippen molar-refractivity contribution < 1.29 is 18.3 Å². The molecule has 9 heteroatoms. The van der Waals surface area contributed by atoms with E-state index in [1.165, 1.54) is 18.4 Å². The van der Waals surface area contributed by atoms with Crippen molar-refractivity contribution in [1.82, 2.24) is 18.8 Å². The highest BCUT2D eigenvalue weighted by molar-refractivity contribution is 7.89. The molecule has 0 saturated carbocycles. The van der Waals surface area contributed by atoms with E-state index in [4.69, 9.17) is 0 Å². The van der Waals surface area contributed by atoms with Crippen molar-refractivity contribution in [3.8, 4) is 0 Å². The fourth-order valence-corrected chi connectivity index (χ4v) is 4.40. The summed E-state index contributed by atoms with van der Waals surface area (Å²) < 4.78 is 27.9. The first kappa shape index (κ1) is 18.8. The van der Waals surface area contributed by atoms with Crippen LogP contribution in [0, 0.1) is 0 Å². The summed E-state index contributed by atoms with van der Waals surface area (Å²) in [6, 6.07) is 4.46. The summed E-state index contributed by atoms with van der Waals surface area (Å²) in [6.07, 6.45) is 1.50. The summed E-state index contributed by atoms with van der Waals surface area (Å²) in [7, 11) is -0.535. The molecule has 0 aliphatic carbocycles. The highest BCUT2D eigenvalue weighted by Crippen LogP contribution is 2.25. The number of hydrogen-bond acceptors (Lipinski definition) is 5. The van der Waals surface area contributed by atoms with E-state index < -0.39 is 22.0 Å². The molecule has 1 aromatic heterocycles. The molecule has 8 nitrogen and oxygen atoms in total. The molecule has 1 aliphatic heterocycles. The minimum absolute atomic E-state index is 0.201. The van der Waals surface area contributed by atoms with Gasteiger partial charge in [-0.2, -0.15) is 0 Å². The predicted molar refractivity (Wildman–Crippen MR) is 97.3 cm³/mol. The van der Waals surface area contributed by atoms with Crippen molar-refractivity contribution in [2.24, 2.45) is 0 Å². The van der Waals surface area contributed by atoms with Crippen LogP contribution in [0.4, 0.5) is 0 Å². The molecule has 142 valence electrons. The van der Waals surface area contributed by atoms with Gasteiger partial charge in [-0.15, -0.1) is 0 Å². The maximum atomic E-state index is 12.4. The molecule has 26 heavy (non-hydrogen) atoms. The van der Waals surface area contributed by atoms with E-state index >= 15 is 0 Å². The van der Waals surface area contributed by atoms with Gasteiger partial charge < -0.3 is 9.67 Å². The van der Waals surface area contributed by atoms with Crippen LogP contribution in [0.2, 0.25) is 0 Å². The molecule has 2 aromatic rings. The fraction of sp³-hybridized carbons (Fsp3) is 0.529. The third-order valence-electron chi connectivity index (χ3n) is 4.89. The fourth-order valence-electron chi connectivity index (χ4n) is 3.48. The van der Waals surface area contributed by atoms with Crippen molar-refractivity contribution in [3.63, 3.8) is 0 Å².